The van der Waals surface area contributed by atoms with Crippen molar-refractivity contribution in [3.05, 3.63) is 64.7 Å². The minimum Gasteiger partial charge on any atom is -0.478 e. The molecule has 0 saturated carbocycles. The number of benzene rings is 2. The number of rotatable bonds is 10. The SMILES string of the molecule is CC(C)(Oc1ccc(C(=O)c2ccc(Cl)cc2)cc1)C(=O)NCCNCCN. The quantitative estimate of drug-likeness (QED) is 0.418. The maximum atomic E-state index is 12.5. The molecule has 2 aromatic rings. The average molecular weight is 404 g/mol. The standard InChI is InChI=1S/C21H26ClN3O3/c1-21(2,20(27)25-14-13-24-12-11-23)28-18-9-5-16(6-10-18)19(26)15-3-7-17(22)8-4-15/h3-10,24H,11-14,23H2,1-2H3,(H,25,27). The van der Waals surface area contributed by atoms with Crippen LogP contribution in [-0.2, 0) is 4.79 Å². The van der Waals surface area contributed by atoms with Crippen LogP contribution >= 0.6 is 11.6 Å². The van der Waals surface area contributed by atoms with Gasteiger partial charge in [-0.1, -0.05) is 11.6 Å². The van der Waals surface area contributed by atoms with Crippen LogP contribution in [-0.4, -0.2) is 43.5 Å². The topological polar surface area (TPSA) is 93.5 Å². The summed E-state index contributed by atoms with van der Waals surface area (Å²) >= 11 is 5.86. The van der Waals surface area contributed by atoms with Crippen molar-refractivity contribution in [1.82, 2.24) is 10.6 Å². The molecule has 4 N–H and O–H groups in total. The molecule has 6 nitrogen and oxygen atoms in total. The van der Waals surface area contributed by atoms with Crippen LogP contribution in [0.5, 0.6) is 5.75 Å². The lowest BCUT2D eigenvalue weighted by Gasteiger charge is -2.25. The lowest BCUT2D eigenvalue weighted by Crippen LogP contribution is -2.48. The Hall–Kier alpha value is -2.41. The molecule has 0 atom stereocenters. The van der Waals surface area contributed by atoms with Crippen molar-refractivity contribution < 1.29 is 14.3 Å². The van der Waals surface area contributed by atoms with E-state index in [9.17, 15) is 9.59 Å². The Morgan fingerprint density at radius 3 is 2.11 bits per heavy atom. The molecule has 0 aliphatic rings. The number of nitrogens with one attached hydrogen (secondary N) is 2. The Labute approximate surface area is 170 Å². The summed E-state index contributed by atoms with van der Waals surface area (Å²) in [5.41, 5.74) is 5.44. The number of amides is 1. The number of hydrogen-bond donors (Lipinski definition) is 3. The zero-order valence-electron chi connectivity index (χ0n) is 16.1. The monoisotopic (exact) mass is 403 g/mol. The first kappa shape index (κ1) is 21.9. The summed E-state index contributed by atoms with van der Waals surface area (Å²) in [7, 11) is 0. The summed E-state index contributed by atoms with van der Waals surface area (Å²) in [6, 6.07) is 13.4. The van der Waals surface area contributed by atoms with E-state index in [4.69, 9.17) is 22.1 Å². The number of hydrogen-bond acceptors (Lipinski definition) is 5. The summed E-state index contributed by atoms with van der Waals surface area (Å²) in [5, 5.41) is 6.51. The molecule has 1 amide bonds. The second-order valence-corrected chi connectivity index (χ2v) is 7.20. The van der Waals surface area contributed by atoms with Gasteiger partial charge in [-0.2, -0.15) is 0 Å². The van der Waals surface area contributed by atoms with Gasteiger partial charge in [-0.05, 0) is 62.4 Å². The molecule has 0 heterocycles. The van der Waals surface area contributed by atoms with Gasteiger partial charge in [0, 0.05) is 42.3 Å². The number of carbonyl (C=O) groups excluding carboxylic acids is 2. The highest BCUT2D eigenvalue weighted by atomic mass is 35.5. The van der Waals surface area contributed by atoms with Crippen LogP contribution < -0.4 is 21.1 Å². The van der Waals surface area contributed by atoms with Gasteiger partial charge < -0.3 is 21.1 Å². The van der Waals surface area contributed by atoms with E-state index in [1.54, 1.807) is 62.4 Å². The maximum absolute atomic E-state index is 12.5. The molecule has 0 aliphatic carbocycles. The highest BCUT2D eigenvalue weighted by Crippen LogP contribution is 2.21. The predicted octanol–water partition coefficient (Wildman–Crippen LogP) is 2.39. The summed E-state index contributed by atoms with van der Waals surface area (Å²) < 4.78 is 5.82. The van der Waals surface area contributed by atoms with Gasteiger partial charge in [0.1, 0.15) is 5.75 Å². The summed E-state index contributed by atoms with van der Waals surface area (Å²) in [6.45, 7) is 5.78. The van der Waals surface area contributed by atoms with Crippen LogP contribution in [0.1, 0.15) is 29.8 Å². The van der Waals surface area contributed by atoms with Gasteiger partial charge in [0.05, 0.1) is 0 Å². The van der Waals surface area contributed by atoms with E-state index in [0.717, 1.165) is 0 Å². The minimum atomic E-state index is -1.05. The highest BCUT2D eigenvalue weighted by Gasteiger charge is 2.29. The van der Waals surface area contributed by atoms with Crippen molar-refractivity contribution in [3.63, 3.8) is 0 Å². The highest BCUT2D eigenvalue weighted by molar-refractivity contribution is 6.30. The molecular weight excluding hydrogens is 378 g/mol. The Morgan fingerprint density at radius 1 is 0.964 bits per heavy atom. The Balaban J connectivity index is 1.94. The van der Waals surface area contributed by atoms with Crippen molar-refractivity contribution in [3.8, 4) is 5.75 Å². The second kappa shape index (κ2) is 10.2. The van der Waals surface area contributed by atoms with Gasteiger partial charge in [0.15, 0.2) is 11.4 Å². The van der Waals surface area contributed by atoms with Gasteiger partial charge in [-0.15, -0.1) is 0 Å². The zero-order valence-corrected chi connectivity index (χ0v) is 16.9. The molecule has 2 rings (SSSR count). The van der Waals surface area contributed by atoms with Crippen LogP contribution in [0.4, 0.5) is 0 Å². The number of carbonyl (C=O) groups is 2. The molecule has 0 saturated heterocycles. The third kappa shape index (κ3) is 6.34. The van der Waals surface area contributed by atoms with E-state index < -0.39 is 5.60 Å². The van der Waals surface area contributed by atoms with E-state index in [2.05, 4.69) is 10.6 Å². The molecule has 0 fully saturated rings. The fourth-order valence-electron chi connectivity index (χ4n) is 2.49. The lowest BCUT2D eigenvalue weighted by atomic mass is 10.0. The smallest absolute Gasteiger partial charge is 0.263 e. The van der Waals surface area contributed by atoms with Crippen LogP contribution in [0.2, 0.25) is 5.02 Å². The van der Waals surface area contributed by atoms with Crippen LogP contribution in [0, 0.1) is 0 Å². The van der Waals surface area contributed by atoms with E-state index >= 15 is 0 Å². The first-order valence-electron chi connectivity index (χ1n) is 9.12. The van der Waals surface area contributed by atoms with Crippen molar-refractivity contribution in [2.45, 2.75) is 19.4 Å². The molecule has 150 valence electrons. The molecular formula is C21H26ClN3O3. The number of ketones is 1. The summed E-state index contributed by atoms with van der Waals surface area (Å²) in [4.78, 5) is 24.8. The summed E-state index contributed by atoms with van der Waals surface area (Å²) in [6.07, 6.45) is 0. The predicted molar refractivity (Wildman–Crippen MR) is 111 cm³/mol. The van der Waals surface area contributed by atoms with Gasteiger partial charge in [0.25, 0.3) is 5.91 Å². The molecule has 7 heteroatoms. The molecule has 0 unspecified atom stereocenters. The van der Waals surface area contributed by atoms with Gasteiger partial charge in [-0.25, -0.2) is 0 Å². The van der Waals surface area contributed by atoms with Crippen molar-refractivity contribution in [2.75, 3.05) is 26.2 Å². The van der Waals surface area contributed by atoms with Crippen molar-refractivity contribution in [1.29, 1.82) is 0 Å². The van der Waals surface area contributed by atoms with Gasteiger partial charge in [-0.3, -0.25) is 9.59 Å². The van der Waals surface area contributed by atoms with Crippen LogP contribution in [0.3, 0.4) is 0 Å². The minimum absolute atomic E-state index is 0.106. The Morgan fingerprint density at radius 2 is 1.54 bits per heavy atom. The largest absolute Gasteiger partial charge is 0.478 e. The fourth-order valence-corrected chi connectivity index (χ4v) is 2.61. The number of nitrogens with two attached hydrogens (primary N) is 1. The Bertz CT molecular complexity index is 790. The van der Waals surface area contributed by atoms with Crippen LogP contribution in [0.25, 0.3) is 0 Å². The third-order valence-electron chi connectivity index (χ3n) is 4.05. The van der Waals surface area contributed by atoms with E-state index in [-0.39, 0.29) is 11.7 Å². The van der Waals surface area contributed by atoms with Crippen LogP contribution in [0.15, 0.2) is 48.5 Å². The zero-order chi connectivity index (χ0) is 20.6. The average Bonchev–Trinajstić information content (AvgIpc) is 2.68. The fraction of sp³-hybridized carbons (Fsp3) is 0.333. The first-order chi connectivity index (χ1) is 13.3. The van der Waals surface area contributed by atoms with E-state index in [0.29, 0.717) is 48.1 Å². The molecule has 28 heavy (non-hydrogen) atoms. The number of halogens is 1. The van der Waals surface area contributed by atoms with E-state index in [1.165, 1.54) is 0 Å². The second-order valence-electron chi connectivity index (χ2n) is 6.77. The van der Waals surface area contributed by atoms with Gasteiger partial charge >= 0.3 is 0 Å². The van der Waals surface area contributed by atoms with Crippen molar-refractivity contribution in [2.24, 2.45) is 5.73 Å². The number of ether oxygens (including phenoxy) is 1. The Kier molecular flexibility index (Phi) is 7.99. The molecule has 0 bridgehead atoms. The third-order valence-corrected chi connectivity index (χ3v) is 4.30. The summed E-state index contributed by atoms with van der Waals surface area (Å²) in [5.74, 6) is 0.183. The lowest BCUT2D eigenvalue weighted by molar-refractivity contribution is -0.134. The molecule has 0 radical (unpaired) electrons. The molecule has 2 aromatic carbocycles. The normalized spacial score (nSPS) is 11.1. The molecule has 0 aromatic heterocycles. The first-order valence-corrected chi connectivity index (χ1v) is 9.50. The molecule has 0 aliphatic heterocycles. The molecule has 0 spiro atoms. The van der Waals surface area contributed by atoms with E-state index in [1.807, 2.05) is 0 Å². The van der Waals surface area contributed by atoms with Crippen molar-refractivity contribution >= 4 is 23.3 Å². The van der Waals surface area contributed by atoms with Gasteiger partial charge in [0.2, 0.25) is 0 Å². The maximum Gasteiger partial charge on any atom is 0.263 e.